The van der Waals surface area contributed by atoms with E-state index in [1.807, 2.05) is 13.0 Å². The van der Waals surface area contributed by atoms with Crippen LogP contribution in [0.15, 0.2) is 23.6 Å². The zero-order valence-corrected chi connectivity index (χ0v) is 13.5. The molecule has 0 heterocycles. The first-order valence-electron chi connectivity index (χ1n) is 7.52. The van der Waals surface area contributed by atoms with Crippen LogP contribution in [0.5, 0.6) is 0 Å². The summed E-state index contributed by atoms with van der Waals surface area (Å²) in [4.78, 5) is 22.7. The highest BCUT2D eigenvalue weighted by molar-refractivity contribution is 8.16. The third-order valence-corrected chi connectivity index (χ3v) is 3.36. The number of allylic oxidation sites excluding steroid dienone is 1. The Bertz CT molecular complexity index is 324. The van der Waals surface area contributed by atoms with Crippen molar-refractivity contribution in [1.82, 2.24) is 5.32 Å². The lowest BCUT2D eigenvalue weighted by Crippen LogP contribution is -2.21. The quantitative estimate of drug-likeness (QED) is 0.459. The second-order valence-corrected chi connectivity index (χ2v) is 5.52. The van der Waals surface area contributed by atoms with E-state index < -0.39 is 0 Å². The first kappa shape index (κ1) is 19.0. The summed E-state index contributed by atoms with van der Waals surface area (Å²) in [6.45, 7) is 4.89. The molecule has 3 nitrogen and oxygen atoms in total. The number of rotatable bonds is 11. The fourth-order valence-electron chi connectivity index (χ4n) is 1.59. The smallest absolute Gasteiger partial charge is 0.244 e. The lowest BCUT2D eigenvalue weighted by molar-refractivity contribution is -0.116. The van der Waals surface area contributed by atoms with Gasteiger partial charge in [-0.3, -0.25) is 9.59 Å². The molecule has 0 aromatic rings. The van der Waals surface area contributed by atoms with Gasteiger partial charge in [-0.2, -0.15) is 0 Å². The molecule has 20 heavy (non-hydrogen) atoms. The maximum atomic E-state index is 11.4. The van der Waals surface area contributed by atoms with Crippen molar-refractivity contribution >= 4 is 22.8 Å². The van der Waals surface area contributed by atoms with E-state index in [1.54, 1.807) is 5.41 Å². The fraction of sp³-hybridized carbons (Fsp3) is 0.625. The summed E-state index contributed by atoms with van der Waals surface area (Å²) in [5, 5.41) is 4.31. The van der Waals surface area contributed by atoms with Crippen LogP contribution < -0.4 is 5.32 Å². The minimum absolute atomic E-state index is 0.0492. The Hall–Kier alpha value is -1.03. The van der Waals surface area contributed by atoms with Gasteiger partial charge in [0.05, 0.1) is 0 Å². The van der Waals surface area contributed by atoms with Gasteiger partial charge in [0.2, 0.25) is 11.0 Å². The number of carbonyl (C=O) groups is 2. The van der Waals surface area contributed by atoms with E-state index in [-0.39, 0.29) is 11.0 Å². The molecule has 0 atom stereocenters. The molecule has 1 N–H and O–H groups in total. The molecule has 0 rings (SSSR count). The van der Waals surface area contributed by atoms with Crippen LogP contribution >= 0.6 is 11.8 Å². The van der Waals surface area contributed by atoms with E-state index in [0.717, 1.165) is 24.6 Å². The molecular formula is C16H27NO2S. The van der Waals surface area contributed by atoms with Crippen molar-refractivity contribution < 1.29 is 9.59 Å². The van der Waals surface area contributed by atoms with Crippen LogP contribution in [0.25, 0.3) is 0 Å². The standard InChI is InChI=1S/C16H27NO2S/c1-3-5-7-8-9-10-13-17-15(18)12-14-20-16(19)11-6-4-2/h6,11-12,14H,3-5,7-10,13H2,1-2H3,(H,17,18)/b11-6+,14-12-. The molecule has 0 unspecified atom stereocenters. The highest BCUT2D eigenvalue weighted by Crippen LogP contribution is 2.05. The van der Waals surface area contributed by atoms with Gasteiger partial charge in [0.15, 0.2) is 0 Å². The van der Waals surface area contributed by atoms with Gasteiger partial charge in [0, 0.05) is 12.6 Å². The van der Waals surface area contributed by atoms with E-state index in [9.17, 15) is 9.59 Å². The van der Waals surface area contributed by atoms with Crippen LogP contribution in [0.2, 0.25) is 0 Å². The number of carbonyl (C=O) groups excluding carboxylic acids is 2. The number of nitrogens with one attached hydrogen (secondary N) is 1. The monoisotopic (exact) mass is 297 g/mol. The topological polar surface area (TPSA) is 46.2 Å². The van der Waals surface area contributed by atoms with E-state index in [1.165, 1.54) is 44.3 Å². The molecule has 0 aliphatic rings. The van der Waals surface area contributed by atoms with Crippen LogP contribution in [0.4, 0.5) is 0 Å². The van der Waals surface area contributed by atoms with Gasteiger partial charge in [-0.15, -0.1) is 0 Å². The van der Waals surface area contributed by atoms with Gasteiger partial charge in [0.25, 0.3) is 0 Å². The number of thioether (sulfide) groups is 1. The van der Waals surface area contributed by atoms with E-state index in [2.05, 4.69) is 12.2 Å². The minimum Gasteiger partial charge on any atom is -0.353 e. The normalized spacial score (nSPS) is 11.3. The van der Waals surface area contributed by atoms with Gasteiger partial charge >= 0.3 is 0 Å². The van der Waals surface area contributed by atoms with Crippen LogP contribution in [-0.2, 0) is 9.59 Å². The molecule has 0 aromatic heterocycles. The average Bonchev–Trinajstić information content (AvgIpc) is 2.44. The van der Waals surface area contributed by atoms with Gasteiger partial charge in [-0.25, -0.2) is 0 Å². The van der Waals surface area contributed by atoms with E-state index in [4.69, 9.17) is 0 Å². The Morgan fingerprint density at radius 2 is 1.70 bits per heavy atom. The first-order chi connectivity index (χ1) is 9.70. The van der Waals surface area contributed by atoms with Crippen molar-refractivity contribution in [3.8, 4) is 0 Å². The van der Waals surface area contributed by atoms with Crippen LogP contribution in [0, 0.1) is 0 Å². The van der Waals surface area contributed by atoms with Crippen LogP contribution in [0.3, 0.4) is 0 Å². The lowest BCUT2D eigenvalue weighted by Gasteiger charge is -2.02. The summed E-state index contributed by atoms with van der Waals surface area (Å²) in [7, 11) is 0. The maximum absolute atomic E-state index is 11.4. The number of hydrogen-bond acceptors (Lipinski definition) is 3. The molecule has 0 saturated heterocycles. The molecule has 0 bridgehead atoms. The molecule has 0 saturated carbocycles. The zero-order chi connectivity index (χ0) is 15.1. The third-order valence-electron chi connectivity index (χ3n) is 2.72. The summed E-state index contributed by atoms with van der Waals surface area (Å²) < 4.78 is 0. The van der Waals surface area contributed by atoms with Gasteiger partial charge < -0.3 is 5.32 Å². The number of amides is 1. The predicted octanol–water partition coefficient (Wildman–Crippen LogP) is 4.20. The van der Waals surface area contributed by atoms with E-state index in [0.29, 0.717) is 6.54 Å². The molecular weight excluding hydrogens is 270 g/mol. The highest BCUT2D eigenvalue weighted by atomic mass is 32.2. The van der Waals surface area contributed by atoms with Crippen molar-refractivity contribution in [3.05, 3.63) is 23.6 Å². The Balaban J connectivity index is 3.53. The van der Waals surface area contributed by atoms with Crippen LogP contribution in [0.1, 0.15) is 58.8 Å². The van der Waals surface area contributed by atoms with Gasteiger partial charge in [0.1, 0.15) is 0 Å². The Kier molecular flexibility index (Phi) is 13.6. The second-order valence-electron chi connectivity index (χ2n) is 4.61. The molecule has 114 valence electrons. The molecule has 0 aliphatic carbocycles. The Morgan fingerprint density at radius 1 is 1.00 bits per heavy atom. The molecule has 4 heteroatoms. The largest absolute Gasteiger partial charge is 0.353 e. The van der Waals surface area contributed by atoms with Gasteiger partial charge in [-0.1, -0.05) is 63.8 Å². The van der Waals surface area contributed by atoms with Crippen molar-refractivity contribution in [3.63, 3.8) is 0 Å². The summed E-state index contributed by atoms with van der Waals surface area (Å²) >= 11 is 1.03. The molecule has 0 fully saturated rings. The fourth-order valence-corrected chi connectivity index (χ4v) is 2.09. The van der Waals surface area contributed by atoms with Crippen molar-refractivity contribution in [2.75, 3.05) is 6.54 Å². The summed E-state index contributed by atoms with van der Waals surface area (Å²) in [5.74, 6) is -0.127. The molecule has 0 aromatic carbocycles. The SMILES string of the molecule is CC/C=C/C(=O)S/C=C\C(=O)NCCCCCCCC. The highest BCUT2D eigenvalue weighted by Gasteiger charge is 1.96. The average molecular weight is 297 g/mol. The second kappa shape index (κ2) is 14.4. The maximum Gasteiger partial charge on any atom is 0.244 e. The third kappa shape index (κ3) is 13.4. The summed E-state index contributed by atoms with van der Waals surface area (Å²) in [6, 6.07) is 0. The number of unbranched alkanes of at least 4 members (excludes halogenated alkanes) is 5. The molecule has 0 aliphatic heterocycles. The molecule has 0 spiro atoms. The van der Waals surface area contributed by atoms with E-state index >= 15 is 0 Å². The molecule has 1 amide bonds. The predicted molar refractivity (Wildman–Crippen MR) is 87.6 cm³/mol. The first-order valence-corrected chi connectivity index (χ1v) is 8.40. The van der Waals surface area contributed by atoms with Gasteiger partial charge in [-0.05, 0) is 24.3 Å². The van der Waals surface area contributed by atoms with Crippen molar-refractivity contribution in [1.29, 1.82) is 0 Å². The zero-order valence-electron chi connectivity index (χ0n) is 12.7. The minimum atomic E-state index is -0.127. The number of hydrogen-bond donors (Lipinski definition) is 1. The van der Waals surface area contributed by atoms with Crippen molar-refractivity contribution in [2.45, 2.75) is 58.8 Å². The summed E-state index contributed by atoms with van der Waals surface area (Å²) in [5.41, 5.74) is 0. The summed E-state index contributed by atoms with van der Waals surface area (Å²) in [6.07, 6.45) is 12.9. The Morgan fingerprint density at radius 3 is 2.40 bits per heavy atom. The van der Waals surface area contributed by atoms with Crippen LogP contribution in [-0.4, -0.2) is 17.6 Å². The van der Waals surface area contributed by atoms with Crippen molar-refractivity contribution in [2.24, 2.45) is 0 Å². The molecule has 0 radical (unpaired) electrons. The lowest BCUT2D eigenvalue weighted by atomic mass is 10.1. The Labute approximate surface area is 127 Å².